The van der Waals surface area contributed by atoms with Crippen LogP contribution in [0, 0.1) is 13.8 Å². The smallest absolute Gasteiger partial charge is 0.181 e. The Morgan fingerprint density at radius 1 is 1.60 bits per heavy atom. The lowest BCUT2D eigenvalue weighted by Gasteiger charge is -1.93. The van der Waals surface area contributed by atoms with Crippen molar-refractivity contribution in [1.82, 2.24) is 9.78 Å². The molecule has 1 rings (SSSR count). The van der Waals surface area contributed by atoms with Gasteiger partial charge in [-0.05, 0) is 13.8 Å². The Labute approximate surface area is 63.6 Å². The van der Waals surface area contributed by atoms with Gasteiger partial charge in [-0.25, -0.2) is 9.07 Å². The van der Waals surface area contributed by atoms with Gasteiger partial charge in [-0.15, -0.1) is 0 Å². The van der Waals surface area contributed by atoms with Gasteiger partial charge in [0.2, 0.25) is 0 Å². The van der Waals surface area contributed by atoms with Crippen LogP contribution >= 0.6 is 11.6 Å². The molecule has 0 fully saturated rings. The van der Waals surface area contributed by atoms with Crippen molar-refractivity contribution < 1.29 is 4.39 Å². The second-order valence-electron chi connectivity index (χ2n) is 2.10. The fraction of sp³-hybridized carbons (Fsp3) is 0.500. The summed E-state index contributed by atoms with van der Waals surface area (Å²) < 4.78 is 13.3. The average Bonchev–Trinajstić information content (AvgIpc) is 2.17. The molecule has 10 heavy (non-hydrogen) atoms. The number of aromatic nitrogens is 2. The van der Waals surface area contributed by atoms with Crippen LogP contribution in [0.5, 0.6) is 0 Å². The van der Waals surface area contributed by atoms with E-state index in [1.54, 1.807) is 13.8 Å². The monoisotopic (exact) mass is 162 g/mol. The van der Waals surface area contributed by atoms with Gasteiger partial charge in [0.1, 0.15) is 0 Å². The van der Waals surface area contributed by atoms with Crippen molar-refractivity contribution in [2.45, 2.75) is 20.6 Å². The molecule has 0 atom stereocenters. The summed E-state index contributed by atoms with van der Waals surface area (Å²) in [5.41, 5.74) is 1.36. The molecular weight excluding hydrogens is 155 g/mol. The predicted octanol–water partition coefficient (Wildman–Crippen LogP) is 2.08. The Kier molecular flexibility index (Phi) is 1.94. The van der Waals surface area contributed by atoms with Crippen molar-refractivity contribution in [2.24, 2.45) is 0 Å². The number of aryl methyl sites for hydroxylation is 1. The minimum Gasteiger partial charge on any atom is -0.237 e. The second kappa shape index (κ2) is 2.58. The van der Waals surface area contributed by atoms with E-state index in [4.69, 9.17) is 11.6 Å². The molecule has 0 bridgehead atoms. The zero-order valence-corrected chi connectivity index (χ0v) is 6.61. The summed E-state index contributed by atoms with van der Waals surface area (Å²) in [4.78, 5) is 0. The Hall–Kier alpha value is -0.570. The summed E-state index contributed by atoms with van der Waals surface area (Å²) in [6.07, 6.45) is 0. The van der Waals surface area contributed by atoms with Gasteiger partial charge in [0.05, 0.1) is 16.4 Å². The quantitative estimate of drug-likeness (QED) is 0.618. The van der Waals surface area contributed by atoms with Crippen LogP contribution in [0.25, 0.3) is 0 Å². The van der Waals surface area contributed by atoms with Crippen molar-refractivity contribution in [3.8, 4) is 0 Å². The highest BCUT2D eigenvalue weighted by Crippen LogP contribution is 2.18. The van der Waals surface area contributed by atoms with E-state index in [0.717, 1.165) is 0 Å². The van der Waals surface area contributed by atoms with Crippen molar-refractivity contribution >= 4 is 11.6 Å². The Morgan fingerprint density at radius 3 is 2.40 bits per heavy atom. The molecule has 4 heteroatoms. The summed E-state index contributed by atoms with van der Waals surface area (Å²) >= 11 is 5.73. The van der Waals surface area contributed by atoms with Gasteiger partial charge in [0, 0.05) is 0 Å². The molecule has 56 valence electrons. The highest BCUT2D eigenvalue weighted by Gasteiger charge is 2.07. The molecule has 0 radical (unpaired) electrons. The zero-order chi connectivity index (χ0) is 7.72. The molecule has 0 aliphatic rings. The van der Waals surface area contributed by atoms with Crippen LogP contribution in [0.1, 0.15) is 11.4 Å². The summed E-state index contributed by atoms with van der Waals surface area (Å²) in [5, 5.41) is 4.39. The molecule has 0 aliphatic heterocycles. The van der Waals surface area contributed by atoms with Gasteiger partial charge in [0.25, 0.3) is 0 Å². The third kappa shape index (κ3) is 1.01. The molecule has 1 aromatic heterocycles. The van der Waals surface area contributed by atoms with E-state index < -0.39 is 6.80 Å². The average molecular weight is 163 g/mol. The molecule has 0 saturated carbocycles. The minimum absolute atomic E-state index is 0.553. The molecule has 1 aromatic rings. The molecule has 0 spiro atoms. The van der Waals surface area contributed by atoms with Gasteiger partial charge >= 0.3 is 0 Å². The fourth-order valence-electron chi connectivity index (χ4n) is 0.791. The Morgan fingerprint density at radius 2 is 2.20 bits per heavy atom. The lowest BCUT2D eigenvalue weighted by atomic mass is 10.4. The van der Waals surface area contributed by atoms with Crippen LogP contribution in [-0.2, 0) is 6.80 Å². The third-order valence-electron chi connectivity index (χ3n) is 1.41. The molecule has 1 heterocycles. The van der Waals surface area contributed by atoms with Gasteiger partial charge in [0.15, 0.2) is 6.80 Å². The number of hydrogen-bond acceptors (Lipinski definition) is 1. The number of hydrogen-bond donors (Lipinski definition) is 0. The van der Waals surface area contributed by atoms with E-state index in [9.17, 15) is 4.39 Å². The standard InChI is InChI=1S/C6H8ClFN2/c1-4-6(7)5(2)10(3-8)9-4/h3H2,1-2H3. The number of rotatable bonds is 1. The van der Waals surface area contributed by atoms with Crippen molar-refractivity contribution in [3.63, 3.8) is 0 Å². The first kappa shape index (κ1) is 7.54. The fourth-order valence-corrected chi connectivity index (χ4v) is 0.927. The molecule has 0 N–H and O–H groups in total. The topological polar surface area (TPSA) is 17.8 Å². The highest BCUT2D eigenvalue weighted by molar-refractivity contribution is 6.31. The Bertz CT molecular complexity index is 244. The van der Waals surface area contributed by atoms with E-state index >= 15 is 0 Å². The maximum atomic E-state index is 12.0. The molecule has 0 saturated heterocycles. The first-order valence-electron chi connectivity index (χ1n) is 2.92. The molecular formula is C6H8ClFN2. The second-order valence-corrected chi connectivity index (χ2v) is 2.48. The van der Waals surface area contributed by atoms with Crippen molar-refractivity contribution in [3.05, 3.63) is 16.4 Å². The van der Waals surface area contributed by atoms with E-state index in [2.05, 4.69) is 5.10 Å². The Balaban J connectivity index is 3.17. The van der Waals surface area contributed by atoms with Crippen LogP contribution in [-0.4, -0.2) is 9.78 Å². The van der Waals surface area contributed by atoms with Crippen LogP contribution in [0.4, 0.5) is 4.39 Å². The van der Waals surface area contributed by atoms with Crippen LogP contribution in [0.2, 0.25) is 5.02 Å². The lowest BCUT2D eigenvalue weighted by Crippen LogP contribution is -1.97. The molecule has 0 amide bonds. The summed E-state index contributed by atoms with van der Waals surface area (Å²) in [6, 6.07) is 0. The predicted molar refractivity (Wildman–Crippen MR) is 37.8 cm³/mol. The van der Waals surface area contributed by atoms with Gasteiger partial charge in [-0.2, -0.15) is 5.10 Å². The van der Waals surface area contributed by atoms with E-state index in [1.165, 1.54) is 4.68 Å². The molecule has 2 nitrogen and oxygen atoms in total. The zero-order valence-electron chi connectivity index (χ0n) is 5.86. The highest BCUT2D eigenvalue weighted by atomic mass is 35.5. The summed E-state index contributed by atoms with van der Waals surface area (Å²) in [5.74, 6) is 0. The first-order valence-corrected chi connectivity index (χ1v) is 3.30. The molecule has 0 unspecified atom stereocenters. The van der Waals surface area contributed by atoms with E-state index in [0.29, 0.717) is 16.4 Å². The SMILES string of the molecule is Cc1nn(CF)c(C)c1Cl. The maximum absolute atomic E-state index is 12.0. The van der Waals surface area contributed by atoms with Crippen LogP contribution in [0.15, 0.2) is 0 Å². The summed E-state index contributed by atoms with van der Waals surface area (Å²) in [6.45, 7) is 2.88. The normalized spacial score (nSPS) is 10.4. The number of alkyl halides is 1. The van der Waals surface area contributed by atoms with Crippen LogP contribution in [0.3, 0.4) is 0 Å². The molecule has 0 aromatic carbocycles. The van der Waals surface area contributed by atoms with Gasteiger partial charge in [-0.3, -0.25) is 0 Å². The van der Waals surface area contributed by atoms with E-state index in [-0.39, 0.29) is 0 Å². The summed E-state index contributed by atoms with van der Waals surface area (Å²) in [7, 11) is 0. The molecule has 0 aliphatic carbocycles. The first-order chi connectivity index (χ1) is 4.66. The van der Waals surface area contributed by atoms with E-state index in [1.807, 2.05) is 0 Å². The van der Waals surface area contributed by atoms with Gasteiger partial charge in [-0.1, -0.05) is 11.6 Å². The third-order valence-corrected chi connectivity index (χ3v) is 1.95. The minimum atomic E-state index is -0.612. The maximum Gasteiger partial charge on any atom is 0.181 e. The lowest BCUT2D eigenvalue weighted by molar-refractivity contribution is 0.343. The van der Waals surface area contributed by atoms with Crippen molar-refractivity contribution in [1.29, 1.82) is 0 Å². The number of halogens is 2. The number of nitrogens with zero attached hydrogens (tertiary/aromatic N) is 2. The van der Waals surface area contributed by atoms with Crippen molar-refractivity contribution in [2.75, 3.05) is 0 Å². The van der Waals surface area contributed by atoms with Gasteiger partial charge < -0.3 is 0 Å². The van der Waals surface area contributed by atoms with Crippen LogP contribution < -0.4 is 0 Å². The largest absolute Gasteiger partial charge is 0.237 e.